The summed E-state index contributed by atoms with van der Waals surface area (Å²) in [6.45, 7) is 11.7. The van der Waals surface area contributed by atoms with Crippen LogP contribution < -0.4 is 5.19 Å². The summed E-state index contributed by atoms with van der Waals surface area (Å²) in [5, 5.41) is 3.04. The SMILES string of the molecule is Cc1sc2ccc([Si](C)(C)C)cc2c1C. The molecule has 0 saturated carbocycles. The summed E-state index contributed by atoms with van der Waals surface area (Å²) in [7, 11) is -1.16. The van der Waals surface area contributed by atoms with E-state index in [1.807, 2.05) is 11.3 Å². The number of thiophene rings is 1. The fraction of sp³-hybridized carbons (Fsp3) is 0.385. The lowest BCUT2D eigenvalue weighted by atomic mass is 10.1. The van der Waals surface area contributed by atoms with Gasteiger partial charge in [-0.05, 0) is 30.9 Å². The van der Waals surface area contributed by atoms with Gasteiger partial charge in [-0.3, -0.25) is 0 Å². The summed E-state index contributed by atoms with van der Waals surface area (Å²) in [5.74, 6) is 0. The molecule has 0 aliphatic rings. The quantitative estimate of drug-likeness (QED) is 0.653. The van der Waals surface area contributed by atoms with E-state index in [-0.39, 0.29) is 0 Å². The largest absolute Gasteiger partial charge is 0.140 e. The molecule has 1 aromatic carbocycles. The van der Waals surface area contributed by atoms with Crippen molar-refractivity contribution in [1.82, 2.24) is 0 Å². The zero-order valence-corrected chi connectivity index (χ0v) is 12.0. The zero-order chi connectivity index (χ0) is 11.2. The lowest BCUT2D eigenvalue weighted by Crippen LogP contribution is -2.37. The maximum absolute atomic E-state index is 2.42. The molecule has 0 radical (unpaired) electrons. The topological polar surface area (TPSA) is 0 Å². The van der Waals surface area contributed by atoms with Gasteiger partial charge in [0.05, 0.1) is 8.07 Å². The van der Waals surface area contributed by atoms with Crippen molar-refractivity contribution in [3.05, 3.63) is 28.6 Å². The normalized spacial score (nSPS) is 12.3. The van der Waals surface area contributed by atoms with Crippen LogP contribution >= 0.6 is 11.3 Å². The molecule has 2 aromatic rings. The smallest absolute Gasteiger partial charge is 0.0776 e. The Balaban J connectivity index is 2.70. The number of fused-ring (bicyclic) bond motifs is 1. The minimum Gasteiger partial charge on any atom is -0.140 e. The molecule has 0 saturated heterocycles. The molecule has 0 spiro atoms. The van der Waals surface area contributed by atoms with Gasteiger partial charge in [0.25, 0.3) is 0 Å². The molecule has 0 bridgehead atoms. The first kappa shape index (κ1) is 10.9. The molecule has 0 atom stereocenters. The van der Waals surface area contributed by atoms with E-state index in [0.29, 0.717) is 0 Å². The number of hydrogen-bond acceptors (Lipinski definition) is 1. The van der Waals surface area contributed by atoms with Crippen LogP contribution in [-0.2, 0) is 0 Å². The van der Waals surface area contributed by atoms with Crippen molar-refractivity contribution >= 4 is 34.7 Å². The highest BCUT2D eigenvalue weighted by molar-refractivity contribution is 7.19. The van der Waals surface area contributed by atoms with E-state index in [4.69, 9.17) is 0 Å². The van der Waals surface area contributed by atoms with Crippen LogP contribution in [0.25, 0.3) is 10.1 Å². The first-order valence-corrected chi connectivity index (χ1v) is 9.71. The van der Waals surface area contributed by atoms with Crippen LogP contribution in [0.3, 0.4) is 0 Å². The Kier molecular flexibility index (Phi) is 2.51. The molecule has 0 unspecified atom stereocenters. The van der Waals surface area contributed by atoms with Gasteiger partial charge in [0, 0.05) is 9.58 Å². The van der Waals surface area contributed by atoms with Crippen LogP contribution in [-0.4, -0.2) is 8.07 Å². The summed E-state index contributed by atoms with van der Waals surface area (Å²) < 4.78 is 1.44. The average molecular weight is 234 g/mol. The first-order valence-electron chi connectivity index (χ1n) is 5.40. The summed E-state index contributed by atoms with van der Waals surface area (Å²) in [6.07, 6.45) is 0. The van der Waals surface area contributed by atoms with Gasteiger partial charge in [0.2, 0.25) is 0 Å². The molecule has 15 heavy (non-hydrogen) atoms. The van der Waals surface area contributed by atoms with Crippen LogP contribution in [0.5, 0.6) is 0 Å². The van der Waals surface area contributed by atoms with Gasteiger partial charge in [-0.25, -0.2) is 0 Å². The molecule has 0 N–H and O–H groups in total. The fourth-order valence-electron chi connectivity index (χ4n) is 1.81. The van der Waals surface area contributed by atoms with Gasteiger partial charge in [-0.2, -0.15) is 0 Å². The van der Waals surface area contributed by atoms with Crippen molar-refractivity contribution < 1.29 is 0 Å². The lowest BCUT2D eigenvalue weighted by Gasteiger charge is -2.16. The van der Waals surface area contributed by atoms with Crippen LogP contribution in [0.15, 0.2) is 18.2 Å². The Morgan fingerprint density at radius 2 is 1.73 bits per heavy atom. The van der Waals surface area contributed by atoms with E-state index in [1.165, 1.54) is 20.5 Å². The van der Waals surface area contributed by atoms with Crippen LogP contribution in [0.4, 0.5) is 0 Å². The molecular formula is C13H18SSi. The minimum absolute atomic E-state index is 1.16. The van der Waals surface area contributed by atoms with E-state index in [2.05, 4.69) is 51.7 Å². The second kappa shape index (κ2) is 3.46. The predicted molar refractivity (Wildman–Crippen MR) is 74.3 cm³/mol. The van der Waals surface area contributed by atoms with Gasteiger partial charge in [0.1, 0.15) is 0 Å². The Labute approximate surface area is 97.0 Å². The summed E-state index contributed by atoms with van der Waals surface area (Å²) in [6, 6.07) is 7.04. The first-order chi connectivity index (χ1) is 6.89. The number of rotatable bonds is 1. The summed E-state index contributed by atoms with van der Waals surface area (Å²) in [4.78, 5) is 1.46. The number of benzene rings is 1. The second-order valence-electron chi connectivity index (χ2n) is 5.24. The molecule has 2 heteroatoms. The monoisotopic (exact) mass is 234 g/mol. The summed E-state index contributed by atoms with van der Waals surface area (Å²) >= 11 is 1.91. The molecule has 1 heterocycles. The highest BCUT2D eigenvalue weighted by Gasteiger charge is 2.17. The third-order valence-electron chi connectivity index (χ3n) is 3.04. The van der Waals surface area contributed by atoms with Crippen LogP contribution in [0, 0.1) is 13.8 Å². The minimum atomic E-state index is -1.16. The molecule has 0 amide bonds. The molecule has 0 aliphatic heterocycles. The van der Waals surface area contributed by atoms with Crippen molar-refractivity contribution in [2.24, 2.45) is 0 Å². The van der Waals surface area contributed by atoms with Crippen molar-refractivity contribution in [3.8, 4) is 0 Å². The van der Waals surface area contributed by atoms with Crippen molar-refractivity contribution in [2.75, 3.05) is 0 Å². The highest BCUT2D eigenvalue weighted by atomic mass is 32.1. The second-order valence-corrected chi connectivity index (χ2v) is 11.6. The Hall–Kier alpha value is -0.603. The fourth-order valence-corrected chi connectivity index (χ4v) is 4.02. The number of aryl methyl sites for hydroxylation is 2. The average Bonchev–Trinajstić information content (AvgIpc) is 2.41. The van der Waals surface area contributed by atoms with E-state index in [9.17, 15) is 0 Å². The molecule has 80 valence electrons. The maximum Gasteiger partial charge on any atom is 0.0776 e. The van der Waals surface area contributed by atoms with Gasteiger partial charge < -0.3 is 0 Å². The van der Waals surface area contributed by atoms with Gasteiger partial charge in [0.15, 0.2) is 0 Å². The molecule has 0 fully saturated rings. The molecule has 0 aliphatic carbocycles. The third kappa shape index (κ3) is 1.88. The van der Waals surface area contributed by atoms with Gasteiger partial charge >= 0.3 is 0 Å². The molecular weight excluding hydrogens is 216 g/mol. The zero-order valence-electron chi connectivity index (χ0n) is 10.1. The van der Waals surface area contributed by atoms with E-state index in [1.54, 1.807) is 5.19 Å². The predicted octanol–water partition coefficient (Wildman–Crippen LogP) is 4.06. The highest BCUT2D eigenvalue weighted by Crippen LogP contribution is 2.29. The number of hydrogen-bond donors (Lipinski definition) is 0. The van der Waals surface area contributed by atoms with Crippen LogP contribution in [0.2, 0.25) is 19.6 Å². The lowest BCUT2D eigenvalue weighted by molar-refractivity contribution is 1.47. The van der Waals surface area contributed by atoms with Crippen molar-refractivity contribution in [1.29, 1.82) is 0 Å². The van der Waals surface area contributed by atoms with Crippen molar-refractivity contribution in [3.63, 3.8) is 0 Å². The van der Waals surface area contributed by atoms with Gasteiger partial charge in [-0.15, -0.1) is 11.3 Å². The summed E-state index contributed by atoms with van der Waals surface area (Å²) in [5.41, 5.74) is 1.47. The Bertz CT molecular complexity index is 503. The van der Waals surface area contributed by atoms with Crippen molar-refractivity contribution in [2.45, 2.75) is 33.5 Å². The molecule has 0 nitrogen and oxygen atoms in total. The van der Waals surface area contributed by atoms with Gasteiger partial charge in [-0.1, -0.05) is 37.0 Å². The molecule has 1 aromatic heterocycles. The van der Waals surface area contributed by atoms with E-state index < -0.39 is 8.07 Å². The standard InChI is InChI=1S/C13H18SSi/c1-9-10(2)14-13-7-6-11(8-12(9)13)15(3,4)5/h6-8H,1-5H3. The maximum atomic E-state index is 2.42. The third-order valence-corrected chi connectivity index (χ3v) is 6.27. The molecule has 2 rings (SSSR count). The Morgan fingerprint density at radius 1 is 1.07 bits per heavy atom. The van der Waals surface area contributed by atoms with Crippen LogP contribution in [0.1, 0.15) is 10.4 Å². The van der Waals surface area contributed by atoms with E-state index in [0.717, 1.165) is 0 Å². The van der Waals surface area contributed by atoms with E-state index >= 15 is 0 Å². The Morgan fingerprint density at radius 3 is 2.33 bits per heavy atom.